The zero-order valence-corrected chi connectivity index (χ0v) is 9.31. The van der Waals surface area contributed by atoms with Crippen molar-refractivity contribution in [2.24, 2.45) is 0 Å². The van der Waals surface area contributed by atoms with Gasteiger partial charge in [0.05, 0.1) is 12.3 Å². The first kappa shape index (κ1) is 11.2. The van der Waals surface area contributed by atoms with Crippen molar-refractivity contribution in [2.45, 2.75) is 13.5 Å². The summed E-state index contributed by atoms with van der Waals surface area (Å²) in [5.74, 6) is -1.26. The van der Waals surface area contributed by atoms with Gasteiger partial charge in [-0.3, -0.25) is 0 Å². The molecule has 0 saturated carbocycles. The summed E-state index contributed by atoms with van der Waals surface area (Å²) in [6, 6.07) is 3.27. The summed E-state index contributed by atoms with van der Waals surface area (Å²) >= 11 is 1.30. The van der Waals surface area contributed by atoms with Crippen molar-refractivity contribution in [1.29, 1.82) is 0 Å². The first-order valence-electron chi connectivity index (χ1n) is 4.64. The molecule has 0 atom stereocenters. The zero-order chi connectivity index (χ0) is 11.7. The number of aliphatic hydroxyl groups is 1. The van der Waals surface area contributed by atoms with Gasteiger partial charge >= 0.3 is 0 Å². The molecule has 1 N–H and O–H groups in total. The summed E-state index contributed by atoms with van der Waals surface area (Å²) in [4.78, 5) is 4.97. The van der Waals surface area contributed by atoms with Gasteiger partial charge in [0.15, 0.2) is 0 Å². The van der Waals surface area contributed by atoms with Crippen molar-refractivity contribution >= 4 is 11.3 Å². The van der Waals surface area contributed by atoms with Crippen LogP contribution in [0.3, 0.4) is 0 Å². The number of thiazole rings is 1. The predicted molar refractivity (Wildman–Crippen MR) is 58.1 cm³/mol. The monoisotopic (exact) mass is 241 g/mol. The lowest BCUT2D eigenvalue weighted by Crippen LogP contribution is -1.86. The van der Waals surface area contributed by atoms with Gasteiger partial charge in [0.1, 0.15) is 16.6 Å². The third-order valence-corrected chi connectivity index (χ3v) is 3.21. The third kappa shape index (κ3) is 2.10. The van der Waals surface area contributed by atoms with Crippen LogP contribution in [0.25, 0.3) is 10.6 Å². The molecule has 0 unspecified atom stereocenters. The molecule has 0 bridgehead atoms. The highest BCUT2D eigenvalue weighted by atomic mass is 32.1. The van der Waals surface area contributed by atoms with Gasteiger partial charge in [-0.1, -0.05) is 0 Å². The fraction of sp³-hybridized carbons (Fsp3) is 0.182. The van der Waals surface area contributed by atoms with E-state index in [0.29, 0.717) is 16.3 Å². The second-order valence-electron chi connectivity index (χ2n) is 3.34. The number of nitrogens with zero attached hydrogens (tertiary/aromatic N) is 1. The largest absolute Gasteiger partial charge is 0.390 e. The van der Waals surface area contributed by atoms with E-state index in [1.54, 1.807) is 0 Å². The minimum atomic E-state index is -0.631. The van der Waals surface area contributed by atoms with Gasteiger partial charge < -0.3 is 5.11 Å². The highest BCUT2D eigenvalue weighted by molar-refractivity contribution is 7.15. The Bertz CT molecular complexity index is 504. The van der Waals surface area contributed by atoms with E-state index in [2.05, 4.69) is 4.98 Å². The van der Waals surface area contributed by atoms with Crippen molar-refractivity contribution in [3.8, 4) is 10.6 Å². The minimum absolute atomic E-state index is 0.167. The van der Waals surface area contributed by atoms with Crippen LogP contribution in [-0.2, 0) is 6.61 Å². The summed E-state index contributed by atoms with van der Waals surface area (Å²) in [6.07, 6.45) is 0. The Hall–Kier alpha value is -1.33. The zero-order valence-electron chi connectivity index (χ0n) is 8.50. The molecule has 2 nitrogen and oxygen atoms in total. The van der Waals surface area contributed by atoms with E-state index >= 15 is 0 Å². The molecule has 0 aliphatic heterocycles. The first-order valence-corrected chi connectivity index (χ1v) is 5.45. The van der Waals surface area contributed by atoms with Crippen LogP contribution in [0.2, 0.25) is 0 Å². The molecular formula is C11H9F2NOS. The molecule has 5 heteroatoms. The van der Waals surface area contributed by atoms with Crippen LogP contribution in [0.15, 0.2) is 18.2 Å². The predicted octanol–water partition coefficient (Wildman–Crippen LogP) is 2.89. The van der Waals surface area contributed by atoms with Gasteiger partial charge in [-0.05, 0) is 19.1 Å². The number of halogens is 2. The normalized spacial score (nSPS) is 10.8. The Kier molecular flexibility index (Phi) is 2.98. The Labute approximate surface area is 95.2 Å². The van der Waals surface area contributed by atoms with Crippen molar-refractivity contribution in [3.05, 3.63) is 40.4 Å². The lowest BCUT2D eigenvalue weighted by atomic mass is 10.2. The molecule has 0 fully saturated rings. The average molecular weight is 241 g/mol. The standard InChI is InChI=1S/C11H9F2NOS/c1-6-10(5-15)14-11(16-6)7-2-8(12)4-9(13)3-7/h2-4,15H,5H2,1H3. The fourth-order valence-electron chi connectivity index (χ4n) is 1.38. The highest BCUT2D eigenvalue weighted by Crippen LogP contribution is 2.28. The van der Waals surface area contributed by atoms with E-state index in [0.717, 1.165) is 10.9 Å². The summed E-state index contributed by atoms with van der Waals surface area (Å²) < 4.78 is 26.0. The topological polar surface area (TPSA) is 33.1 Å². The van der Waals surface area contributed by atoms with E-state index in [9.17, 15) is 8.78 Å². The molecule has 0 radical (unpaired) electrons. The highest BCUT2D eigenvalue weighted by Gasteiger charge is 2.10. The maximum Gasteiger partial charge on any atom is 0.126 e. The summed E-state index contributed by atoms with van der Waals surface area (Å²) in [6.45, 7) is 1.64. The Morgan fingerprint density at radius 2 is 1.88 bits per heavy atom. The molecule has 0 spiro atoms. The van der Waals surface area contributed by atoms with Crippen LogP contribution in [0.1, 0.15) is 10.6 Å². The quantitative estimate of drug-likeness (QED) is 0.877. The van der Waals surface area contributed by atoms with Crippen LogP contribution in [-0.4, -0.2) is 10.1 Å². The van der Waals surface area contributed by atoms with Gasteiger partial charge in [0.2, 0.25) is 0 Å². The van der Waals surface area contributed by atoms with Crippen LogP contribution in [0, 0.1) is 18.6 Å². The van der Waals surface area contributed by atoms with E-state index in [4.69, 9.17) is 5.11 Å². The van der Waals surface area contributed by atoms with Crippen LogP contribution >= 0.6 is 11.3 Å². The molecular weight excluding hydrogens is 232 g/mol. The number of hydrogen-bond donors (Lipinski definition) is 1. The molecule has 2 aromatic rings. The maximum atomic E-state index is 13.0. The molecule has 84 valence electrons. The molecule has 0 saturated heterocycles. The van der Waals surface area contributed by atoms with Crippen molar-refractivity contribution in [3.63, 3.8) is 0 Å². The third-order valence-electron chi connectivity index (χ3n) is 2.15. The summed E-state index contributed by atoms with van der Waals surface area (Å²) in [7, 11) is 0. The van der Waals surface area contributed by atoms with E-state index in [-0.39, 0.29) is 6.61 Å². The van der Waals surface area contributed by atoms with Gasteiger partial charge in [0.25, 0.3) is 0 Å². The SMILES string of the molecule is Cc1sc(-c2cc(F)cc(F)c2)nc1CO. The average Bonchev–Trinajstić information content (AvgIpc) is 2.58. The molecule has 0 aliphatic rings. The number of rotatable bonds is 2. The second-order valence-corrected chi connectivity index (χ2v) is 4.54. The number of hydrogen-bond acceptors (Lipinski definition) is 3. The molecule has 1 heterocycles. The molecule has 0 aliphatic carbocycles. The molecule has 1 aromatic carbocycles. The lowest BCUT2D eigenvalue weighted by Gasteiger charge is -1.97. The number of aliphatic hydroxyl groups excluding tert-OH is 1. The van der Waals surface area contributed by atoms with Crippen LogP contribution < -0.4 is 0 Å². The Morgan fingerprint density at radius 3 is 2.38 bits per heavy atom. The fourth-order valence-corrected chi connectivity index (χ4v) is 2.29. The van der Waals surface area contributed by atoms with Crippen molar-refractivity contribution < 1.29 is 13.9 Å². The van der Waals surface area contributed by atoms with Gasteiger partial charge in [0, 0.05) is 16.5 Å². The Balaban J connectivity index is 2.49. The smallest absolute Gasteiger partial charge is 0.126 e. The van der Waals surface area contributed by atoms with Gasteiger partial charge in [-0.25, -0.2) is 13.8 Å². The van der Waals surface area contributed by atoms with Gasteiger partial charge in [-0.15, -0.1) is 11.3 Å². The van der Waals surface area contributed by atoms with E-state index < -0.39 is 11.6 Å². The van der Waals surface area contributed by atoms with Crippen LogP contribution in [0.5, 0.6) is 0 Å². The number of aromatic nitrogens is 1. The van der Waals surface area contributed by atoms with E-state index in [1.807, 2.05) is 6.92 Å². The summed E-state index contributed by atoms with van der Waals surface area (Å²) in [5.41, 5.74) is 0.940. The first-order chi connectivity index (χ1) is 7.60. The van der Waals surface area contributed by atoms with E-state index in [1.165, 1.54) is 23.5 Å². The Morgan fingerprint density at radius 1 is 1.25 bits per heavy atom. The van der Waals surface area contributed by atoms with Crippen molar-refractivity contribution in [1.82, 2.24) is 4.98 Å². The lowest BCUT2D eigenvalue weighted by molar-refractivity contribution is 0.277. The molecule has 0 amide bonds. The maximum absolute atomic E-state index is 13.0. The minimum Gasteiger partial charge on any atom is -0.390 e. The molecule has 2 rings (SSSR count). The van der Waals surface area contributed by atoms with Crippen molar-refractivity contribution in [2.75, 3.05) is 0 Å². The van der Waals surface area contributed by atoms with Crippen LogP contribution in [0.4, 0.5) is 8.78 Å². The molecule has 1 aromatic heterocycles. The van der Waals surface area contributed by atoms with Gasteiger partial charge in [-0.2, -0.15) is 0 Å². The second kappa shape index (κ2) is 4.27. The summed E-state index contributed by atoms with van der Waals surface area (Å²) in [5, 5.41) is 9.50. The molecule has 16 heavy (non-hydrogen) atoms. The number of aryl methyl sites for hydroxylation is 1. The number of benzene rings is 1.